The van der Waals surface area contributed by atoms with Gasteiger partial charge >= 0.3 is 0 Å². The first-order chi connectivity index (χ1) is 8.72. The van der Waals surface area contributed by atoms with Crippen LogP contribution in [0.3, 0.4) is 0 Å². The number of nitrogens with one attached hydrogen (secondary N) is 1. The maximum absolute atomic E-state index is 3.60. The van der Waals surface area contributed by atoms with E-state index in [2.05, 4.69) is 76.2 Å². The van der Waals surface area contributed by atoms with Crippen molar-refractivity contribution >= 4 is 15.9 Å². The number of hydrogen-bond acceptors (Lipinski definition) is 1. The summed E-state index contributed by atoms with van der Waals surface area (Å²) in [5, 5.41) is 3.57. The predicted octanol–water partition coefficient (Wildman–Crippen LogP) is 4.12. The SMILES string of the molecule is CCn1cccc1CN[C@@H](C)c1ccccc1Br. The van der Waals surface area contributed by atoms with Gasteiger partial charge in [-0.15, -0.1) is 0 Å². The minimum Gasteiger partial charge on any atom is -0.351 e. The first-order valence-corrected chi connectivity index (χ1v) is 7.13. The number of nitrogens with zero attached hydrogens (tertiary/aromatic N) is 1. The van der Waals surface area contributed by atoms with Gasteiger partial charge in [-0.2, -0.15) is 0 Å². The van der Waals surface area contributed by atoms with Crippen LogP contribution >= 0.6 is 15.9 Å². The van der Waals surface area contributed by atoms with Crippen LogP contribution in [0, 0.1) is 0 Å². The zero-order chi connectivity index (χ0) is 13.0. The minimum atomic E-state index is 0.334. The predicted molar refractivity (Wildman–Crippen MR) is 79.5 cm³/mol. The molecule has 96 valence electrons. The van der Waals surface area contributed by atoms with E-state index < -0.39 is 0 Å². The largest absolute Gasteiger partial charge is 0.351 e. The van der Waals surface area contributed by atoms with E-state index in [0.29, 0.717) is 6.04 Å². The molecule has 0 saturated carbocycles. The highest BCUT2D eigenvalue weighted by Gasteiger charge is 2.08. The molecule has 0 aliphatic rings. The lowest BCUT2D eigenvalue weighted by atomic mass is 10.1. The Morgan fingerprint density at radius 1 is 1.22 bits per heavy atom. The van der Waals surface area contributed by atoms with Crippen molar-refractivity contribution in [1.29, 1.82) is 0 Å². The molecule has 0 saturated heterocycles. The number of benzene rings is 1. The summed E-state index contributed by atoms with van der Waals surface area (Å²) in [5.41, 5.74) is 2.63. The molecule has 2 aromatic rings. The molecule has 0 fully saturated rings. The van der Waals surface area contributed by atoms with E-state index in [9.17, 15) is 0 Å². The fourth-order valence-corrected chi connectivity index (χ4v) is 2.74. The Bertz CT molecular complexity index is 505. The van der Waals surface area contributed by atoms with Gasteiger partial charge in [-0.1, -0.05) is 34.1 Å². The summed E-state index contributed by atoms with van der Waals surface area (Å²) in [6.07, 6.45) is 2.13. The second-order valence-electron chi connectivity index (χ2n) is 4.41. The van der Waals surface area contributed by atoms with Gasteiger partial charge in [0, 0.05) is 35.5 Å². The van der Waals surface area contributed by atoms with E-state index in [1.165, 1.54) is 11.3 Å². The second-order valence-corrected chi connectivity index (χ2v) is 5.26. The monoisotopic (exact) mass is 306 g/mol. The third-order valence-electron chi connectivity index (χ3n) is 3.23. The van der Waals surface area contributed by atoms with Crippen LogP contribution in [0.1, 0.15) is 31.1 Å². The molecule has 2 rings (SSSR count). The summed E-state index contributed by atoms with van der Waals surface area (Å²) >= 11 is 3.60. The normalized spacial score (nSPS) is 12.6. The number of aromatic nitrogens is 1. The Balaban J connectivity index is 2.01. The van der Waals surface area contributed by atoms with Crippen LogP contribution in [0.15, 0.2) is 47.1 Å². The smallest absolute Gasteiger partial charge is 0.0364 e. The Morgan fingerprint density at radius 3 is 2.72 bits per heavy atom. The maximum atomic E-state index is 3.60. The Morgan fingerprint density at radius 2 is 2.00 bits per heavy atom. The lowest BCUT2D eigenvalue weighted by Gasteiger charge is -2.16. The highest BCUT2D eigenvalue weighted by molar-refractivity contribution is 9.10. The summed E-state index contributed by atoms with van der Waals surface area (Å²) in [4.78, 5) is 0. The van der Waals surface area contributed by atoms with Crippen molar-refractivity contribution < 1.29 is 0 Å². The lowest BCUT2D eigenvalue weighted by molar-refractivity contribution is 0.548. The van der Waals surface area contributed by atoms with Gasteiger partial charge in [0.05, 0.1) is 0 Å². The molecule has 1 N–H and O–H groups in total. The van der Waals surface area contributed by atoms with Crippen molar-refractivity contribution in [3.05, 3.63) is 58.3 Å². The summed E-state index contributed by atoms with van der Waals surface area (Å²) in [5.74, 6) is 0. The van der Waals surface area contributed by atoms with Crippen molar-refractivity contribution in [1.82, 2.24) is 9.88 Å². The average molecular weight is 307 g/mol. The van der Waals surface area contributed by atoms with Crippen LogP contribution < -0.4 is 5.32 Å². The first kappa shape index (κ1) is 13.4. The number of aryl methyl sites for hydroxylation is 1. The fraction of sp³-hybridized carbons (Fsp3) is 0.333. The topological polar surface area (TPSA) is 17.0 Å². The quantitative estimate of drug-likeness (QED) is 0.879. The van der Waals surface area contributed by atoms with E-state index in [1.807, 2.05) is 6.07 Å². The molecule has 0 aliphatic carbocycles. The zero-order valence-corrected chi connectivity index (χ0v) is 12.4. The molecule has 0 unspecified atom stereocenters. The van der Waals surface area contributed by atoms with Gasteiger partial charge < -0.3 is 9.88 Å². The summed E-state index contributed by atoms with van der Waals surface area (Å²) in [6.45, 7) is 6.27. The van der Waals surface area contributed by atoms with Crippen LogP contribution in [0.25, 0.3) is 0 Å². The van der Waals surface area contributed by atoms with E-state index in [-0.39, 0.29) is 0 Å². The highest BCUT2D eigenvalue weighted by atomic mass is 79.9. The third kappa shape index (κ3) is 3.03. The molecular weight excluding hydrogens is 288 g/mol. The van der Waals surface area contributed by atoms with Crippen LogP contribution in [-0.4, -0.2) is 4.57 Å². The third-order valence-corrected chi connectivity index (χ3v) is 3.95. The molecule has 0 bridgehead atoms. The van der Waals surface area contributed by atoms with E-state index in [1.54, 1.807) is 0 Å². The van der Waals surface area contributed by atoms with Gasteiger partial charge in [-0.05, 0) is 37.6 Å². The van der Waals surface area contributed by atoms with Gasteiger partial charge in [0.25, 0.3) is 0 Å². The first-order valence-electron chi connectivity index (χ1n) is 6.34. The van der Waals surface area contributed by atoms with Gasteiger partial charge in [0.2, 0.25) is 0 Å². The Labute approximate surface area is 117 Å². The van der Waals surface area contributed by atoms with Crippen LogP contribution in [0.2, 0.25) is 0 Å². The fourth-order valence-electron chi connectivity index (χ4n) is 2.11. The number of hydrogen-bond donors (Lipinski definition) is 1. The standard InChI is InChI=1S/C15H19BrN2/c1-3-18-10-6-7-13(18)11-17-12(2)14-8-4-5-9-15(14)16/h4-10,12,17H,3,11H2,1-2H3/t12-/m0/s1. The highest BCUT2D eigenvalue weighted by Crippen LogP contribution is 2.22. The Kier molecular flexibility index (Phi) is 4.61. The van der Waals surface area contributed by atoms with Crippen molar-refractivity contribution in [2.75, 3.05) is 0 Å². The van der Waals surface area contributed by atoms with E-state index >= 15 is 0 Å². The molecule has 2 nitrogen and oxygen atoms in total. The molecule has 3 heteroatoms. The van der Waals surface area contributed by atoms with E-state index in [0.717, 1.165) is 17.6 Å². The number of halogens is 1. The van der Waals surface area contributed by atoms with Crippen molar-refractivity contribution in [2.24, 2.45) is 0 Å². The van der Waals surface area contributed by atoms with Gasteiger partial charge in [-0.25, -0.2) is 0 Å². The molecular formula is C15H19BrN2. The summed E-state index contributed by atoms with van der Waals surface area (Å²) in [7, 11) is 0. The molecule has 1 aromatic heterocycles. The van der Waals surface area contributed by atoms with E-state index in [4.69, 9.17) is 0 Å². The Hall–Kier alpha value is -1.06. The van der Waals surface area contributed by atoms with Crippen LogP contribution in [0.4, 0.5) is 0 Å². The second kappa shape index (κ2) is 6.21. The lowest BCUT2D eigenvalue weighted by Crippen LogP contribution is -2.20. The molecule has 0 aliphatic heterocycles. The van der Waals surface area contributed by atoms with Gasteiger partial charge in [-0.3, -0.25) is 0 Å². The summed E-state index contributed by atoms with van der Waals surface area (Å²) < 4.78 is 3.43. The van der Waals surface area contributed by atoms with Crippen molar-refractivity contribution in [3.8, 4) is 0 Å². The average Bonchev–Trinajstić information content (AvgIpc) is 2.84. The molecule has 0 radical (unpaired) electrons. The maximum Gasteiger partial charge on any atom is 0.0364 e. The van der Waals surface area contributed by atoms with Crippen LogP contribution in [0.5, 0.6) is 0 Å². The number of rotatable bonds is 5. The van der Waals surface area contributed by atoms with Gasteiger partial charge in [0.15, 0.2) is 0 Å². The minimum absolute atomic E-state index is 0.334. The summed E-state index contributed by atoms with van der Waals surface area (Å²) in [6, 6.07) is 13.0. The molecule has 0 spiro atoms. The van der Waals surface area contributed by atoms with Gasteiger partial charge in [0.1, 0.15) is 0 Å². The molecule has 0 amide bonds. The van der Waals surface area contributed by atoms with Crippen LogP contribution in [-0.2, 0) is 13.1 Å². The molecule has 18 heavy (non-hydrogen) atoms. The van der Waals surface area contributed by atoms with Crippen molar-refractivity contribution in [2.45, 2.75) is 33.0 Å². The van der Waals surface area contributed by atoms with Crippen molar-refractivity contribution in [3.63, 3.8) is 0 Å². The molecule has 1 aromatic carbocycles. The molecule has 1 heterocycles. The zero-order valence-electron chi connectivity index (χ0n) is 10.9. The molecule has 1 atom stereocenters.